The molecule has 5 nitrogen and oxygen atoms in total. The Morgan fingerprint density at radius 3 is 2.37 bits per heavy atom. The predicted molar refractivity (Wildman–Crippen MR) is 105 cm³/mol. The fraction of sp³-hybridized carbons (Fsp3) is 0.364. The molecule has 142 valence electrons. The summed E-state index contributed by atoms with van der Waals surface area (Å²) in [6, 6.07) is 17.0. The molecule has 1 N–H and O–H groups in total. The number of rotatable bonds is 8. The second-order valence-electron chi connectivity index (χ2n) is 7.09. The zero-order valence-electron chi connectivity index (χ0n) is 15.9. The molecule has 1 saturated carbocycles. The van der Waals surface area contributed by atoms with Gasteiger partial charge in [0.15, 0.2) is 0 Å². The van der Waals surface area contributed by atoms with Crippen molar-refractivity contribution in [3.05, 3.63) is 65.7 Å². The van der Waals surface area contributed by atoms with Gasteiger partial charge >= 0.3 is 0 Å². The first kappa shape index (κ1) is 19.1. The van der Waals surface area contributed by atoms with E-state index in [-0.39, 0.29) is 17.7 Å². The largest absolute Gasteiger partial charge is 0.383 e. The minimum atomic E-state index is -0.0513. The summed E-state index contributed by atoms with van der Waals surface area (Å²) < 4.78 is 5.15. The van der Waals surface area contributed by atoms with Crippen LogP contribution < -0.4 is 5.32 Å². The summed E-state index contributed by atoms with van der Waals surface area (Å²) in [6.07, 6.45) is 0.955. The van der Waals surface area contributed by atoms with Crippen molar-refractivity contribution in [2.24, 2.45) is 11.8 Å². The van der Waals surface area contributed by atoms with Crippen molar-refractivity contribution in [2.45, 2.75) is 19.9 Å². The third-order valence-corrected chi connectivity index (χ3v) is 4.91. The molecule has 2 atom stereocenters. The first-order valence-corrected chi connectivity index (χ1v) is 9.31. The molecule has 2 aromatic carbocycles. The summed E-state index contributed by atoms with van der Waals surface area (Å²) in [6.45, 7) is 3.60. The number of amides is 2. The zero-order chi connectivity index (χ0) is 19.2. The molecule has 27 heavy (non-hydrogen) atoms. The molecule has 5 heteroatoms. The van der Waals surface area contributed by atoms with Crippen molar-refractivity contribution in [1.29, 1.82) is 0 Å². The van der Waals surface area contributed by atoms with Crippen LogP contribution in [-0.4, -0.2) is 37.0 Å². The Hall–Kier alpha value is -2.66. The number of hydrogen-bond donors (Lipinski definition) is 1. The van der Waals surface area contributed by atoms with Gasteiger partial charge in [0.05, 0.1) is 6.61 Å². The van der Waals surface area contributed by atoms with E-state index in [9.17, 15) is 9.59 Å². The van der Waals surface area contributed by atoms with Crippen LogP contribution in [0.5, 0.6) is 0 Å². The van der Waals surface area contributed by atoms with Crippen molar-refractivity contribution >= 4 is 17.5 Å². The lowest BCUT2D eigenvalue weighted by molar-refractivity contribution is -0.117. The standard InChI is InChI=1S/C22H26N2O3/c1-16-14-20(16)21(25)23-19-10-8-18(9-11-19)22(26)24(12-13-27-2)15-17-6-4-3-5-7-17/h3-11,16,20H,12-15H2,1-2H3,(H,23,25). The fourth-order valence-corrected chi connectivity index (χ4v) is 3.06. The maximum atomic E-state index is 12.9. The summed E-state index contributed by atoms with van der Waals surface area (Å²) in [5.41, 5.74) is 2.39. The Labute approximate surface area is 160 Å². The lowest BCUT2D eigenvalue weighted by Crippen LogP contribution is -2.33. The van der Waals surface area contributed by atoms with Crippen molar-refractivity contribution in [1.82, 2.24) is 4.90 Å². The molecule has 2 aromatic rings. The third-order valence-electron chi connectivity index (χ3n) is 4.91. The number of nitrogens with one attached hydrogen (secondary N) is 1. The summed E-state index contributed by atoms with van der Waals surface area (Å²) in [5.74, 6) is 0.608. The average Bonchev–Trinajstić information content (AvgIpc) is 3.43. The van der Waals surface area contributed by atoms with Crippen LogP contribution in [0.1, 0.15) is 29.3 Å². The lowest BCUT2D eigenvalue weighted by atomic mass is 10.1. The topological polar surface area (TPSA) is 58.6 Å². The molecule has 3 rings (SSSR count). The molecule has 0 aromatic heterocycles. The number of carbonyl (C=O) groups excluding carboxylic acids is 2. The first-order valence-electron chi connectivity index (χ1n) is 9.31. The number of ether oxygens (including phenoxy) is 1. The van der Waals surface area contributed by atoms with Crippen LogP contribution in [0.2, 0.25) is 0 Å². The first-order chi connectivity index (χ1) is 13.1. The Morgan fingerprint density at radius 2 is 1.78 bits per heavy atom. The predicted octanol–water partition coefficient (Wildman–Crippen LogP) is 3.57. The molecule has 0 spiro atoms. The van der Waals surface area contributed by atoms with Crippen molar-refractivity contribution in [3.8, 4) is 0 Å². The van der Waals surface area contributed by atoms with Crippen LogP contribution in [0.15, 0.2) is 54.6 Å². The molecular formula is C22H26N2O3. The van der Waals surface area contributed by atoms with Gasteiger partial charge in [0.25, 0.3) is 5.91 Å². The third kappa shape index (κ3) is 5.17. The van der Waals surface area contributed by atoms with E-state index < -0.39 is 0 Å². The summed E-state index contributed by atoms with van der Waals surface area (Å²) in [7, 11) is 1.63. The Balaban J connectivity index is 1.66. The summed E-state index contributed by atoms with van der Waals surface area (Å²) in [4.78, 5) is 26.7. The van der Waals surface area contributed by atoms with Gasteiger partial charge < -0.3 is 15.0 Å². The van der Waals surface area contributed by atoms with E-state index >= 15 is 0 Å². The number of nitrogens with zero attached hydrogens (tertiary/aromatic N) is 1. The maximum Gasteiger partial charge on any atom is 0.254 e. The van der Waals surface area contributed by atoms with Crippen molar-refractivity contribution in [2.75, 3.05) is 25.6 Å². The zero-order valence-corrected chi connectivity index (χ0v) is 15.9. The van der Waals surface area contributed by atoms with Crippen LogP contribution in [0, 0.1) is 11.8 Å². The van der Waals surface area contributed by atoms with E-state index in [1.807, 2.05) is 30.3 Å². The minimum absolute atomic E-state index is 0.0513. The monoisotopic (exact) mass is 366 g/mol. The van der Waals surface area contributed by atoms with Crippen LogP contribution >= 0.6 is 0 Å². The van der Waals surface area contributed by atoms with Gasteiger partial charge in [-0.1, -0.05) is 37.3 Å². The number of benzene rings is 2. The molecule has 2 amide bonds. The highest BCUT2D eigenvalue weighted by atomic mass is 16.5. The van der Waals surface area contributed by atoms with Gasteiger partial charge in [-0.05, 0) is 42.2 Å². The van der Waals surface area contributed by atoms with Gasteiger partial charge in [0.1, 0.15) is 0 Å². The van der Waals surface area contributed by atoms with Gasteiger partial charge in [0, 0.05) is 37.4 Å². The van der Waals surface area contributed by atoms with Gasteiger partial charge in [-0.2, -0.15) is 0 Å². The van der Waals surface area contributed by atoms with Crippen molar-refractivity contribution in [3.63, 3.8) is 0 Å². The quantitative estimate of drug-likeness (QED) is 0.777. The molecule has 0 radical (unpaired) electrons. The molecule has 1 fully saturated rings. The second-order valence-corrected chi connectivity index (χ2v) is 7.09. The van der Waals surface area contributed by atoms with Gasteiger partial charge in [-0.25, -0.2) is 0 Å². The highest BCUT2D eigenvalue weighted by molar-refractivity contribution is 5.97. The highest BCUT2D eigenvalue weighted by Gasteiger charge is 2.39. The van der Waals surface area contributed by atoms with Gasteiger partial charge in [-0.15, -0.1) is 0 Å². The molecular weight excluding hydrogens is 340 g/mol. The van der Waals surface area contributed by atoms with E-state index in [1.54, 1.807) is 36.3 Å². The average molecular weight is 366 g/mol. The van der Waals surface area contributed by atoms with Gasteiger partial charge in [0.2, 0.25) is 5.91 Å². The highest BCUT2D eigenvalue weighted by Crippen LogP contribution is 2.38. The molecule has 0 saturated heterocycles. The van der Waals surface area contributed by atoms with Gasteiger partial charge in [-0.3, -0.25) is 9.59 Å². The van der Waals surface area contributed by atoms with E-state index in [1.165, 1.54) is 0 Å². The number of anilines is 1. The molecule has 0 aliphatic heterocycles. The number of carbonyl (C=O) groups is 2. The Morgan fingerprint density at radius 1 is 1.11 bits per heavy atom. The SMILES string of the molecule is COCCN(Cc1ccccc1)C(=O)c1ccc(NC(=O)C2CC2C)cc1. The van der Waals surface area contributed by atoms with Crippen LogP contribution in [0.25, 0.3) is 0 Å². The maximum absolute atomic E-state index is 12.9. The van der Waals surface area contributed by atoms with E-state index in [4.69, 9.17) is 4.74 Å². The summed E-state index contributed by atoms with van der Waals surface area (Å²) in [5, 5.41) is 2.92. The fourth-order valence-electron chi connectivity index (χ4n) is 3.06. The molecule has 0 heterocycles. The van der Waals surface area contributed by atoms with E-state index in [0.717, 1.165) is 17.7 Å². The second kappa shape index (κ2) is 8.82. The summed E-state index contributed by atoms with van der Waals surface area (Å²) >= 11 is 0. The number of methoxy groups -OCH3 is 1. The Kier molecular flexibility index (Phi) is 6.24. The van der Waals surface area contributed by atoms with Crippen molar-refractivity contribution < 1.29 is 14.3 Å². The smallest absolute Gasteiger partial charge is 0.254 e. The van der Waals surface area contributed by atoms with Crippen LogP contribution in [0.3, 0.4) is 0 Å². The minimum Gasteiger partial charge on any atom is -0.383 e. The normalized spacial score (nSPS) is 18.0. The lowest BCUT2D eigenvalue weighted by Gasteiger charge is -2.23. The molecule has 2 unspecified atom stereocenters. The van der Waals surface area contributed by atoms with Crippen LogP contribution in [-0.2, 0) is 16.1 Å². The number of hydrogen-bond acceptors (Lipinski definition) is 3. The Bertz CT molecular complexity index is 774. The molecule has 1 aliphatic carbocycles. The van der Waals surface area contributed by atoms with E-state index in [0.29, 0.717) is 31.2 Å². The van der Waals surface area contributed by atoms with Crippen LogP contribution in [0.4, 0.5) is 5.69 Å². The molecule has 1 aliphatic rings. The van der Waals surface area contributed by atoms with E-state index in [2.05, 4.69) is 12.2 Å². The molecule has 0 bridgehead atoms.